The molecule has 0 aliphatic rings. The van der Waals surface area contributed by atoms with Gasteiger partial charge in [-0.15, -0.1) is 0 Å². The lowest BCUT2D eigenvalue weighted by Gasteiger charge is -2.27. The molecule has 1 aromatic carbocycles. The molecule has 7 heteroatoms. The zero-order chi connectivity index (χ0) is 16.0. The molecule has 0 heterocycles. The van der Waals surface area contributed by atoms with E-state index in [-0.39, 0.29) is 0 Å². The lowest BCUT2D eigenvalue weighted by molar-refractivity contribution is -0.208. The van der Waals surface area contributed by atoms with Gasteiger partial charge in [0.15, 0.2) is 6.10 Å². The predicted molar refractivity (Wildman–Crippen MR) is 72.4 cm³/mol. The fraction of sp³-hybridized carbons (Fsp3) is 0.500. The van der Waals surface area contributed by atoms with Gasteiger partial charge in [0.1, 0.15) is 0 Å². The second-order valence-corrected chi connectivity index (χ2v) is 4.88. The molecule has 118 valence electrons. The van der Waals surface area contributed by atoms with Gasteiger partial charge in [-0.3, -0.25) is 9.69 Å². The van der Waals surface area contributed by atoms with Gasteiger partial charge >= 0.3 is 6.18 Å². The molecule has 1 rings (SSSR count). The fourth-order valence-electron chi connectivity index (χ4n) is 1.67. The van der Waals surface area contributed by atoms with Crippen molar-refractivity contribution in [2.24, 2.45) is 0 Å². The fourth-order valence-corrected chi connectivity index (χ4v) is 1.67. The molecule has 21 heavy (non-hydrogen) atoms. The van der Waals surface area contributed by atoms with Crippen molar-refractivity contribution in [1.29, 1.82) is 0 Å². The van der Waals surface area contributed by atoms with Crippen molar-refractivity contribution in [2.75, 3.05) is 13.6 Å². The first-order chi connectivity index (χ1) is 9.71. The maximum absolute atomic E-state index is 12.3. The maximum atomic E-state index is 12.3. The lowest BCUT2D eigenvalue weighted by Crippen LogP contribution is -2.48. The molecule has 0 aromatic heterocycles. The van der Waals surface area contributed by atoms with Gasteiger partial charge in [-0.05, 0) is 19.5 Å². The average molecular weight is 304 g/mol. The van der Waals surface area contributed by atoms with E-state index in [2.05, 4.69) is 5.32 Å². The molecule has 0 saturated heterocycles. The number of rotatable bonds is 6. The Morgan fingerprint density at radius 1 is 1.33 bits per heavy atom. The summed E-state index contributed by atoms with van der Waals surface area (Å²) in [6, 6.07) is 8.41. The third kappa shape index (κ3) is 5.73. The number of benzene rings is 1. The zero-order valence-corrected chi connectivity index (χ0v) is 11.9. The Kier molecular flexibility index (Phi) is 6.17. The molecule has 1 aromatic rings. The van der Waals surface area contributed by atoms with Crippen LogP contribution in [0.3, 0.4) is 0 Å². The van der Waals surface area contributed by atoms with Gasteiger partial charge in [0, 0.05) is 13.1 Å². The van der Waals surface area contributed by atoms with E-state index in [9.17, 15) is 18.0 Å². The largest absolute Gasteiger partial charge is 0.415 e. The minimum absolute atomic E-state index is 0.305. The number of hydrogen-bond donors (Lipinski definition) is 2. The van der Waals surface area contributed by atoms with E-state index in [1.54, 1.807) is 0 Å². The van der Waals surface area contributed by atoms with Crippen LogP contribution in [-0.4, -0.2) is 47.8 Å². The van der Waals surface area contributed by atoms with Crippen molar-refractivity contribution in [2.45, 2.75) is 31.8 Å². The Morgan fingerprint density at radius 2 is 1.90 bits per heavy atom. The van der Waals surface area contributed by atoms with E-state index in [4.69, 9.17) is 5.11 Å². The molecule has 0 radical (unpaired) electrons. The SMILES string of the molecule is CC(C(=O)NCc1ccccc1)N(C)CC(O)C(F)(F)F. The zero-order valence-electron chi connectivity index (χ0n) is 11.9. The number of carbonyl (C=O) groups is 1. The number of aliphatic hydroxyl groups is 1. The van der Waals surface area contributed by atoms with Gasteiger partial charge in [0.05, 0.1) is 6.04 Å². The summed E-state index contributed by atoms with van der Waals surface area (Å²) < 4.78 is 36.8. The molecule has 4 nitrogen and oxygen atoms in total. The summed E-state index contributed by atoms with van der Waals surface area (Å²) in [5.74, 6) is -0.393. The number of halogens is 3. The molecular formula is C14H19F3N2O2. The Balaban J connectivity index is 2.46. The highest BCUT2D eigenvalue weighted by Crippen LogP contribution is 2.20. The molecule has 0 saturated carbocycles. The van der Waals surface area contributed by atoms with E-state index < -0.39 is 30.8 Å². The topological polar surface area (TPSA) is 52.6 Å². The molecule has 0 fully saturated rings. The molecule has 0 aliphatic heterocycles. The van der Waals surface area contributed by atoms with Crippen LogP contribution in [0.15, 0.2) is 30.3 Å². The van der Waals surface area contributed by atoms with Crippen LogP contribution in [-0.2, 0) is 11.3 Å². The molecule has 0 aliphatic carbocycles. The van der Waals surface area contributed by atoms with Gasteiger partial charge in [0.2, 0.25) is 5.91 Å². The second kappa shape index (κ2) is 7.42. The minimum atomic E-state index is -4.69. The van der Waals surface area contributed by atoms with Crippen molar-refractivity contribution in [3.05, 3.63) is 35.9 Å². The van der Waals surface area contributed by atoms with Gasteiger partial charge in [-0.25, -0.2) is 0 Å². The summed E-state index contributed by atoms with van der Waals surface area (Å²) in [6.45, 7) is 1.15. The molecule has 2 N–H and O–H groups in total. The van der Waals surface area contributed by atoms with Crippen molar-refractivity contribution in [3.63, 3.8) is 0 Å². The molecular weight excluding hydrogens is 285 g/mol. The summed E-state index contributed by atoms with van der Waals surface area (Å²) in [6.07, 6.45) is -7.15. The van der Waals surface area contributed by atoms with Crippen LogP contribution in [0.2, 0.25) is 0 Å². The number of nitrogens with one attached hydrogen (secondary N) is 1. The Hall–Kier alpha value is -1.60. The molecule has 1 amide bonds. The number of aliphatic hydroxyl groups excluding tert-OH is 1. The molecule has 0 spiro atoms. The first-order valence-electron chi connectivity index (χ1n) is 6.48. The monoisotopic (exact) mass is 304 g/mol. The van der Waals surface area contributed by atoms with Crippen molar-refractivity contribution < 1.29 is 23.1 Å². The summed E-state index contributed by atoms with van der Waals surface area (Å²) in [4.78, 5) is 13.0. The molecule has 2 atom stereocenters. The summed E-state index contributed by atoms with van der Waals surface area (Å²) >= 11 is 0. The quantitative estimate of drug-likeness (QED) is 0.838. The van der Waals surface area contributed by atoms with Gasteiger partial charge < -0.3 is 10.4 Å². The number of alkyl halides is 3. The highest BCUT2D eigenvalue weighted by Gasteiger charge is 2.39. The lowest BCUT2D eigenvalue weighted by atomic mass is 10.2. The van der Waals surface area contributed by atoms with E-state index >= 15 is 0 Å². The van der Waals surface area contributed by atoms with Gasteiger partial charge in [-0.1, -0.05) is 30.3 Å². The molecule has 2 unspecified atom stereocenters. The van der Waals surface area contributed by atoms with E-state index in [1.807, 2.05) is 30.3 Å². The maximum Gasteiger partial charge on any atom is 0.415 e. The highest BCUT2D eigenvalue weighted by molar-refractivity contribution is 5.81. The van der Waals surface area contributed by atoms with Crippen LogP contribution in [0.1, 0.15) is 12.5 Å². The van der Waals surface area contributed by atoms with Crippen LogP contribution in [0.5, 0.6) is 0 Å². The smallest absolute Gasteiger partial charge is 0.382 e. The third-order valence-corrected chi connectivity index (χ3v) is 3.19. The van der Waals surface area contributed by atoms with Crippen LogP contribution >= 0.6 is 0 Å². The normalized spacial score (nSPS) is 14.8. The average Bonchev–Trinajstić information content (AvgIpc) is 2.43. The third-order valence-electron chi connectivity index (χ3n) is 3.19. The van der Waals surface area contributed by atoms with Crippen LogP contribution in [0.25, 0.3) is 0 Å². The standard InChI is InChI=1S/C14H19F3N2O2/c1-10(19(2)9-12(20)14(15,16)17)13(21)18-8-11-6-4-3-5-7-11/h3-7,10,12,20H,8-9H2,1-2H3,(H,18,21). The van der Waals surface area contributed by atoms with Crippen molar-refractivity contribution in [3.8, 4) is 0 Å². The number of amides is 1. The van der Waals surface area contributed by atoms with Crippen LogP contribution < -0.4 is 5.32 Å². The first kappa shape index (κ1) is 17.5. The molecule has 0 bridgehead atoms. The van der Waals surface area contributed by atoms with E-state index in [0.717, 1.165) is 5.56 Å². The Labute approximate surface area is 121 Å². The van der Waals surface area contributed by atoms with Gasteiger partial charge in [-0.2, -0.15) is 13.2 Å². The summed E-state index contributed by atoms with van der Waals surface area (Å²) in [5, 5.41) is 11.6. The Bertz CT molecular complexity index is 451. The highest BCUT2D eigenvalue weighted by atomic mass is 19.4. The first-order valence-corrected chi connectivity index (χ1v) is 6.48. The van der Waals surface area contributed by atoms with E-state index in [0.29, 0.717) is 6.54 Å². The number of likely N-dealkylation sites (N-methyl/N-ethyl adjacent to an activating group) is 1. The number of carbonyl (C=O) groups excluding carboxylic acids is 1. The number of hydrogen-bond acceptors (Lipinski definition) is 3. The Morgan fingerprint density at radius 3 is 2.43 bits per heavy atom. The second-order valence-electron chi connectivity index (χ2n) is 4.88. The predicted octanol–water partition coefficient (Wildman–Crippen LogP) is 1.55. The van der Waals surface area contributed by atoms with Crippen molar-refractivity contribution >= 4 is 5.91 Å². The number of nitrogens with zero attached hydrogens (tertiary/aromatic N) is 1. The van der Waals surface area contributed by atoms with Crippen LogP contribution in [0, 0.1) is 0 Å². The van der Waals surface area contributed by atoms with Crippen LogP contribution in [0.4, 0.5) is 13.2 Å². The summed E-state index contributed by atoms with van der Waals surface area (Å²) in [7, 11) is 1.36. The van der Waals surface area contributed by atoms with Gasteiger partial charge in [0.25, 0.3) is 0 Å². The van der Waals surface area contributed by atoms with E-state index in [1.165, 1.54) is 18.9 Å². The van der Waals surface area contributed by atoms with Crippen molar-refractivity contribution in [1.82, 2.24) is 10.2 Å². The summed E-state index contributed by atoms with van der Waals surface area (Å²) in [5.41, 5.74) is 0.899. The minimum Gasteiger partial charge on any atom is -0.382 e.